The number of aromatic nitrogens is 2. The number of rotatable bonds is 7. The minimum Gasteiger partial charge on any atom is -0.369 e. The smallest absolute Gasteiger partial charge is 0.235 e. The number of primary amides is 1. The Balaban J connectivity index is 1.84. The molecule has 0 aliphatic rings. The summed E-state index contributed by atoms with van der Waals surface area (Å²) in [6, 6.07) is 18.1. The molecule has 0 aliphatic carbocycles. The van der Waals surface area contributed by atoms with E-state index >= 15 is 0 Å². The van der Waals surface area contributed by atoms with E-state index in [4.69, 9.17) is 5.73 Å². The Labute approximate surface area is 156 Å². The Kier molecular flexibility index (Phi) is 5.43. The van der Waals surface area contributed by atoms with Gasteiger partial charge in [-0.1, -0.05) is 30.3 Å². The van der Waals surface area contributed by atoms with Crippen LogP contribution < -0.4 is 5.73 Å². The number of nitrogens with two attached hydrogens (primary N) is 1. The highest BCUT2D eigenvalue weighted by atomic mass is 16.1. The molecule has 0 radical (unpaired) electrons. The van der Waals surface area contributed by atoms with E-state index in [1.807, 2.05) is 47.2 Å². The average molecular weight is 358 g/mol. The molecule has 1 heterocycles. The molecule has 0 saturated carbocycles. The predicted octanol–water partition coefficient (Wildman–Crippen LogP) is 2.85. The maximum Gasteiger partial charge on any atom is 0.235 e. The maximum absolute atomic E-state index is 12.8. The number of hydrogen-bond acceptors (Lipinski definition) is 4. The van der Waals surface area contributed by atoms with Crippen LogP contribution in [0, 0.1) is 17.2 Å². The van der Waals surface area contributed by atoms with Crippen molar-refractivity contribution >= 4 is 11.7 Å². The number of hydrogen-bond donors (Lipinski definition) is 1. The van der Waals surface area contributed by atoms with E-state index in [9.17, 15) is 14.9 Å². The van der Waals surface area contributed by atoms with Gasteiger partial charge in [-0.05, 0) is 29.8 Å². The lowest BCUT2D eigenvalue weighted by Crippen LogP contribution is -2.29. The van der Waals surface area contributed by atoms with Crippen molar-refractivity contribution in [1.82, 2.24) is 9.55 Å². The van der Waals surface area contributed by atoms with Crippen LogP contribution in [0.2, 0.25) is 0 Å². The van der Waals surface area contributed by atoms with Gasteiger partial charge in [0.1, 0.15) is 5.92 Å². The van der Waals surface area contributed by atoms with Gasteiger partial charge in [-0.15, -0.1) is 0 Å². The number of Topliss-reactive ketones (excluding diaryl/α,β-unsaturated/α-hetero) is 1. The van der Waals surface area contributed by atoms with Gasteiger partial charge in [0.2, 0.25) is 5.91 Å². The molecule has 27 heavy (non-hydrogen) atoms. The largest absolute Gasteiger partial charge is 0.369 e. The van der Waals surface area contributed by atoms with Crippen molar-refractivity contribution in [3.8, 4) is 11.8 Å². The number of nitriles is 1. The van der Waals surface area contributed by atoms with Crippen LogP contribution in [0.3, 0.4) is 0 Å². The number of nitrogens with zero attached hydrogens (tertiary/aromatic N) is 3. The van der Waals surface area contributed by atoms with Gasteiger partial charge < -0.3 is 10.3 Å². The lowest BCUT2D eigenvalue weighted by atomic mass is 9.81. The van der Waals surface area contributed by atoms with Crippen LogP contribution >= 0.6 is 0 Å². The van der Waals surface area contributed by atoms with Crippen LogP contribution in [0.5, 0.6) is 0 Å². The second-order valence-electron chi connectivity index (χ2n) is 6.17. The van der Waals surface area contributed by atoms with Crippen molar-refractivity contribution in [1.29, 1.82) is 5.26 Å². The summed E-state index contributed by atoms with van der Waals surface area (Å²) < 4.78 is 1.83. The molecule has 134 valence electrons. The van der Waals surface area contributed by atoms with Gasteiger partial charge in [0.15, 0.2) is 5.78 Å². The SMILES string of the molecule is N#CC(C(N)=O)C(CC(=O)c1ccc(-n2ccnc2)cc1)c1ccccc1. The molecule has 2 unspecified atom stereocenters. The van der Waals surface area contributed by atoms with Gasteiger partial charge in [-0.2, -0.15) is 5.26 Å². The molecule has 0 aliphatic heterocycles. The Morgan fingerprint density at radius 2 is 1.81 bits per heavy atom. The van der Waals surface area contributed by atoms with E-state index in [1.54, 1.807) is 36.8 Å². The third kappa shape index (κ3) is 4.10. The van der Waals surface area contributed by atoms with Crippen LogP contribution in [0.25, 0.3) is 5.69 Å². The molecular weight excluding hydrogens is 340 g/mol. The third-order valence-electron chi connectivity index (χ3n) is 4.47. The summed E-state index contributed by atoms with van der Waals surface area (Å²) >= 11 is 0. The predicted molar refractivity (Wildman–Crippen MR) is 100.0 cm³/mol. The Bertz CT molecular complexity index is 958. The minimum absolute atomic E-state index is 0.0234. The van der Waals surface area contributed by atoms with E-state index in [0.717, 1.165) is 11.3 Å². The Morgan fingerprint density at radius 3 is 2.37 bits per heavy atom. The summed E-state index contributed by atoms with van der Waals surface area (Å²) in [5.74, 6) is -2.53. The zero-order valence-electron chi connectivity index (χ0n) is 14.5. The van der Waals surface area contributed by atoms with Crippen LogP contribution in [0.1, 0.15) is 28.3 Å². The van der Waals surface area contributed by atoms with Gasteiger partial charge >= 0.3 is 0 Å². The van der Waals surface area contributed by atoms with E-state index in [0.29, 0.717) is 5.56 Å². The van der Waals surface area contributed by atoms with Crippen molar-refractivity contribution < 1.29 is 9.59 Å². The second-order valence-corrected chi connectivity index (χ2v) is 6.17. The standard InChI is InChI=1S/C21H18N4O2/c22-13-19(21(23)27)18(15-4-2-1-3-5-15)12-20(26)16-6-8-17(9-7-16)25-11-10-24-14-25/h1-11,14,18-19H,12H2,(H2,23,27). The third-order valence-corrected chi connectivity index (χ3v) is 4.47. The molecule has 6 nitrogen and oxygen atoms in total. The fourth-order valence-corrected chi connectivity index (χ4v) is 3.03. The first kappa shape index (κ1) is 18.1. The summed E-state index contributed by atoms with van der Waals surface area (Å²) in [4.78, 5) is 28.5. The van der Waals surface area contributed by atoms with Gasteiger partial charge in [-0.3, -0.25) is 9.59 Å². The second kappa shape index (κ2) is 8.11. The van der Waals surface area contributed by atoms with E-state index in [-0.39, 0.29) is 12.2 Å². The lowest BCUT2D eigenvalue weighted by Gasteiger charge is -2.19. The van der Waals surface area contributed by atoms with Crippen molar-refractivity contribution in [3.63, 3.8) is 0 Å². The quantitative estimate of drug-likeness (QED) is 0.656. The zero-order valence-corrected chi connectivity index (χ0v) is 14.5. The van der Waals surface area contributed by atoms with Crippen molar-refractivity contribution in [2.75, 3.05) is 0 Å². The molecule has 0 bridgehead atoms. The molecule has 2 N–H and O–H groups in total. The highest BCUT2D eigenvalue weighted by Gasteiger charge is 2.30. The van der Waals surface area contributed by atoms with Gasteiger partial charge in [0.05, 0.1) is 12.4 Å². The fourth-order valence-electron chi connectivity index (χ4n) is 3.03. The topological polar surface area (TPSA) is 102 Å². The summed E-state index contributed by atoms with van der Waals surface area (Å²) in [7, 11) is 0. The molecule has 3 rings (SSSR count). The van der Waals surface area contributed by atoms with E-state index in [1.165, 1.54) is 0 Å². The molecular formula is C21H18N4O2. The van der Waals surface area contributed by atoms with Crippen molar-refractivity contribution in [3.05, 3.63) is 84.4 Å². The molecule has 1 aromatic heterocycles. The van der Waals surface area contributed by atoms with Crippen LogP contribution in [-0.2, 0) is 4.79 Å². The monoisotopic (exact) mass is 358 g/mol. The summed E-state index contributed by atoms with van der Waals surface area (Å²) in [6.07, 6.45) is 5.18. The van der Waals surface area contributed by atoms with Crippen molar-refractivity contribution in [2.24, 2.45) is 11.7 Å². The number of ketones is 1. The Morgan fingerprint density at radius 1 is 1.11 bits per heavy atom. The molecule has 6 heteroatoms. The zero-order chi connectivity index (χ0) is 19.2. The van der Waals surface area contributed by atoms with Crippen molar-refractivity contribution in [2.45, 2.75) is 12.3 Å². The molecule has 3 aromatic rings. The molecule has 1 amide bonds. The van der Waals surface area contributed by atoms with Gasteiger partial charge in [0, 0.05) is 36.0 Å². The maximum atomic E-state index is 12.8. The van der Waals surface area contributed by atoms with Crippen LogP contribution in [0.15, 0.2) is 73.3 Å². The van der Waals surface area contributed by atoms with Crippen LogP contribution in [0.4, 0.5) is 0 Å². The first-order valence-electron chi connectivity index (χ1n) is 8.45. The molecule has 0 saturated heterocycles. The highest BCUT2D eigenvalue weighted by Crippen LogP contribution is 2.29. The first-order valence-corrected chi connectivity index (χ1v) is 8.45. The first-order chi connectivity index (χ1) is 13.1. The summed E-state index contributed by atoms with van der Waals surface area (Å²) in [5.41, 5.74) is 7.53. The molecule has 2 aromatic carbocycles. The fraction of sp³-hybridized carbons (Fsp3) is 0.143. The Hall–Kier alpha value is -3.72. The average Bonchev–Trinajstić information content (AvgIpc) is 3.23. The van der Waals surface area contributed by atoms with E-state index in [2.05, 4.69) is 4.98 Å². The number of carbonyl (C=O) groups is 2. The van der Waals surface area contributed by atoms with Gasteiger partial charge in [-0.25, -0.2) is 4.98 Å². The van der Waals surface area contributed by atoms with E-state index < -0.39 is 17.7 Å². The number of amides is 1. The summed E-state index contributed by atoms with van der Waals surface area (Å²) in [5, 5.41) is 9.38. The number of benzene rings is 2. The normalized spacial score (nSPS) is 12.7. The number of imidazole rings is 1. The molecule has 2 atom stereocenters. The van der Waals surface area contributed by atoms with Crippen LogP contribution in [-0.4, -0.2) is 21.2 Å². The molecule has 0 spiro atoms. The lowest BCUT2D eigenvalue weighted by molar-refractivity contribution is -0.120. The summed E-state index contributed by atoms with van der Waals surface area (Å²) in [6.45, 7) is 0. The number of carbonyl (C=O) groups excluding carboxylic acids is 2. The minimum atomic E-state index is -1.07. The molecule has 0 fully saturated rings. The highest BCUT2D eigenvalue weighted by molar-refractivity contribution is 5.97. The van der Waals surface area contributed by atoms with Gasteiger partial charge in [0.25, 0.3) is 0 Å².